The summed E-state index contributed by atoms with van der Waals surface area (Å²) < 4.78 is 1.07. The Balaban J connectivity index is 2.08. The summed E-state index contributed by atoms with van der Waals surface area (Å²) in [4.78, 5) is 6.77. The minimum atomic E-state index is 0.293. The molecule has 1 aliphatic heterocycles. The number of aliphatic hydroxyl groups is 1. The first-order valence-electron chi connectivity index (χ1n) is 5.68. The molecule has 16 heavy (non-hydrogen) atoms. The van der Waals surface area contributed by atoms with E-state index < -0.39 is 0 Å². The van der Waals surface area contributed by atoms with Gasteiger partial charge in [-0.1, -0.05) is 0 Å². The van der Waals surface area contributed by atoms with Crippen molar-refractivity contribution in [3.8, 4) is 0 Å². The highest BCUT2D eigenvalue weighted by atomic mass is 79.9. The number of rotatable bonds is 3. The number of halogens is 1. The van der Waals surface area contributed by atoms with E-state index in [4.69, 9.17) is 5.11 Å². The molecule has 2 rings (SSSR count). The average Bonchev–Trinajstić information content (AvgIpc) is 2.67. The molecule has 1 atom stereocenters. The second-order valence-electron chi connectivity index (χ2n) is 4.43. The number of hydrogen-bond acceptors (Lipinski definition) is 3. The lowest BCUT2D eigenvalue weighted by molar-refractivity contribution is 0.263. The van der Waals surface area contributed by atoms with E-state index in [1.165, 1.54) is 5.56 Å². The first-order valence-corrected chi connectivity index (χ1v) is 6.48. The molecule has 1 aromatic heterocycles. The van der Waals surface area contributed by atoms with Crippen molar-refractivity contribution in [2.24, 2.45) is 5.92 Å². The van der Waals surface area contributed by atoms with Crippen LogP contribution in [0.2, 0.25) is 0 Å². The van der Waals surface area contributed by atoms with E-state index in [1.807, 2.05) is 13.1 Å². The first-order chi connectivity index (χ1) is 7.70. The number of aromatic nitrogens is 1. The van der Waals surface area contributed by atoms with Crippen LogP contribution in [0.5, 0.6) is 0 Å². The maximum absolute atomic E-state index is 8.93. The Morgan fingerprint density at radius 3 is 3.12 bits per heavy atom. The monoisotopic (exact) mass is 284 g/mol. The van der Waals surface area contributed by atoms with Gasteiger partial charge >= 0.3 is 0 Å². The van der Waals surface area contributed by atoms with Crippen LogP contribution in [-0.2, 0) is 0 Å². The van der Waals surface area contributed by atoms with Crippen LogP contribution in [0.4, 0.5) is 5.82 Å². The Hall–Kier alpha value is -0.610. The molecule has 0 spiro atoms. The van der Waals surface area contributed by atoms with Crippen LogP contribution in [0, 0.1) is 12.8 Å². The van der Waals surface area contributed by atoms with Crippen molar-refractivity contribution in [3.63, 3.8) is 0 Å². The maximum atomic E-state index is 8.93. The molecule has 4 heteroatoms. The normalized spacial score (nSPS) is 20.4. The highest BCUT2D eigenvalue weighted by Gasteiger charge is 2.24. The van der Waals surface area contributed by atoms with Crippen molar-refractivity contribution in [1.82, 2.24) is 4.98 Å². The summed E-state index contributed by atoms with van der Waals surface area (Å²) in [6.45, 7) is 4.38. The molecule has 1 N–H and O–H groups in total. The molecule has 0 bridgehead atoms. The van der Waals surface area contributed by atoms with Gasteiger partial charge in [0.05, 0.1) is 4.47 Å². The summed E-state index contributed by atoms with van der Waals surface area (Å²) in [6, 6.07) is 2.10. The summed E-state index contributed by atoms with van der Waals surface area (Å²) in [5.41, 5.74) is 1.17. The van der Waals surface area contributed by atoms with Crippen molar-refractivity contribution >= 4 is 21.7 Å². The van der Waals surface area contributed by atoms with Crippen molar-refractivity contribution in [2.75, 3.05) is 24.6 Å². The molecule has 1 aliphatic rings. The molecule has 0 aromatic carbocycles. The fourth-order valence-corrected chi connectivity index (χ4v) is 2.92. The topological polar surface area (TPSA) is 36.4 Å². The van der Waals surface area contributed by atoms with Gasteiger partial charge in [0.1, 0.15) is 5.82 Å². The number of pyridine rings is 1. The lowest BCUT2D eigenvalue weighted by Crippen LogP contribution is -2.21. The highest BCUT2D eigenvalue weighted by Crippen LogP contribution is 2.30. The minimum absolute atomic E-state index is 0.293. The van der Waals surface area contributed by atoms with Gasteiger partial charge in [-0.2, -0.15) is 0 Å². The van der Waals surface area contributed by atoms with Gasteiger partial charge in [0, 0.05) is 25.9 Å². The molecule has 0 aliphatic carbocycles. The van der Waals surface area contributed by atoms with E-state index in [-0.39, 0.29) is 0 Å². The van der Waals surface area contributed by atoms with Gasteiger partial charge in [-0.25, -0.2) is 4.98 Å². The average molecular weight is 285 g/mol. The number of anilines is 1. The first kappa shape index (κ1) is 11.9. The molecular weight excluding hydrogens is 268 g/mol. The zero-order valence-electron chi connectivity index (χ0n) is 9.49. The summed E-state index contributed by atoms with van der Waals surface area (Å²) in [5, 5.41) is 8.93. The summed E-state index contributed by atoms with van der Waals surface area (Å²) >= 11 is 3.56. The van der Waals surface area contributed by atoms with Crippen LogP contribution in [0.25, 0.3) is 0 Å². The Kier molecular flexibility index (Phi) is 3.82. The van der Waals surface area contributed by atoms with Crippen LogP contribution >= 0.6 is 15.9 Å². The van der Waals surface area contributed by atoms with Crippen molar-refractivity contribution < 1.29 is 5.11 Å². The van der Waals surface area contributed by atoms with Gasteiger partial charge in [-0.3, -0.25) is 0 Å². The van der Waals surface area contributed by atoms with Crippen molar-refractivity contribution in [3.05, 3.63) is 22.3 Å². The molecule has 1 fully saturated rings. The largest absolute Gasteiger partial charge is 0.396 e. The third kappa shape index (κ3) is 2.55. The van der Waals surface area contributed by atoms with E-state index in [9.17, 15) is 0 Å². The van der Waals surface area contributed by atoms with Gasteiger partial charge in [-0.05, 0) is 53.2 Å². The quantitative estimate of drug-likeness (QED) is 0.926. The molecule has 1 aromatic rings. The molecule has 0 amide bonds. The second-order valence-corrected chi connectivity index (χ2v) is 5.29. The van der Waals surface area contributed by atoms with Crippen molar-refractivity contribution in [2.45, 2.75) is 19.8 Å². The predicted octanol–water partition coefficient (Wildman–Crippen LogP) is 2.36. The van der Waals surface area contributed by atoms with Gasteiger partial charge in [0.15, 0.2) is 0 Å². The fraction of sp³-hybridized carbons (Fsp3) is 0.583. The standard InChI is InChI=1S/C12H17BrN2O/c1-9-6-11(13)12(14-7-9)15-4-2-10(8-15)3-5-16/h6-7,10,16H,2-5,8H2,1H3. The third-order valence-electron chi connectivity index (χ3n) is 3.08. The van der Waals surface area contributed by atoms with E-state index in [2.05, 4.69) is 31.9 Å². The summed E-state index contributed by atoms with van der Waals surface area (Å²) in [5.74, 6) is 1.64. The van der Waals surface area contributed by atoms with Crippen LogP contribution in [0.3, 0.4) is 0 Å². The smallest absolute Gasteiger partial charge is 0.142 e. The van der Waals surface area contributed by atoms with Gasteiger partial charge in [-0.15, -0.1) is 0 Å². The molecular formula is C12H17BrN2O. The molecule has 3 nitrogen and oxygen atoms in total. The molecule has 1 saturated heterocycles. The Labute approximate surface area is 105 Å². The third-order valence-corrected chi connectivity index (χ3v) is 3.66. The SMILES string of the molecule is Cc1cnc(N2CCC(CCO)C2)c(Br)c1. The number of nitrogens with zero attached hydrogens (tertiary/aromatic N) is 2. The molecule has 88 valence electrons. The number of aliphatic hydroxyl groups excluding tert-OH is 1. The fourth-order valence-electron chi connectivity index (χ4n) is 2.20. The van der Waals surface area contributed by atoms with Crippen molar-refractivity contribution in [1.29, 1.82) is 0 Å². The molecule has 0 radical (unpaired) electrons. The van der Waals surface area contributed by atoms with Gasteiger partial charge < -0.3 is 10.0 Å². The second kappa shape index (κ2) is 5.15. The zero-order chi connectivity index (χ0) is 11.5. The Morgan fingerprint density at radius 2 is 2.44 bits per heavy atom. The minimum Gasteiger partial charge on any atom is -0.396 e. The lowest BCUT2D eigenvalue weighted by Gasteiger charge is -2.19. The van der Waals surface area contributed by atoms with Crippen LogP contribution in [-0.4, -0.2) is 29.8 Å². The van der Waals surface area contributed by atoms with Gasteiger partial charge in [0.25, 0.3) is 0 Å². The lowest BCUT2D eigenvalue weighted by atomic mass is 10.1. The van der Waals surface area contributed by atoms with E-state index in [0.29, 0.717) is 12.5 Å². The maximum Gasteiger partial charge on any atom is 0.142 e. The number of hydrogen-bond donors (Lipinski definition) is 1. The van der Waals surface area contributed by atoms with Gasteiger partial charge in [0.2, 0.25) is 0 Å². The predicted molar refractivity (Wildman–Crippen MR) is 68.7 cm³/mol. The van der Waals surface area contributed by atoms with E-state index >= 15 is 0 Å². The van der Waals surface area contributed by atoms with E-state index in [0.717, 1.165) is 36.2 Å². The molecule has 0 saturated carbocycles. The van der Waals surface area contributed by atoms with Crippen LogP contribution in [0.1, 0.15) is 18.4 Å². The Bertz CT molecular complexity index is 370. The molecule has 2 heterocycles. The highest BCUT2D eigenvalue weighted by molar-refractivity contribution is 9.10. The summed E-state index contributed by atoms with van der Waals surface area (Å²) in [7, 11) is 0. The number of aryl methyl sites for hydroxylation is 1. The van der Waals surface area contributed by atoms with Crippen LogP contribution < -0.4 is 4.90 Å². The zero-order valence-corrected chi connectivity index (χ0v) is 11.1. The Morgan fingerprint density at radius 1 is 1.62 bits per heavy atom. The van der Waals surface area contributed by atoms with E-state index in [1.54, 1.807) is 0 Å². The molecule has 1 unspecified atom stereocenters. The summed E-state index contributed by atoms with van der Waals surface area (Å²) in [6.07, 6.45) is 3.96. The van der Waals surface area contributed by atoms with Crippen LogP contribution in [0.15, 0.2) is 16.7 Å².